The van der Waals surface area contributed by atoms with Gasteiger partial charge in [-0.05, 0) is 45.0 Å². The predicted octanol–water partition coefficient (Wildman–Crippen LogP) is 2.03. The highest BCUT2D eigenvalue weighted by molar-refractivity contribution is 5.71. The van der Waals surface area contributed by atoms with Crippen molar-refractivity contribution in [3.63, 3.8) is 0 Å². The van der Waals surface area contributed by atoms with Gasteiger partial charge in [0, 0.05) is 25.8 Å². The Bertz CT molecular complexity index is 632. The third kappa shape index (κ3) is 2.45. The maximum atomic E-state index is 5.81. The number of pyridine rings is 1. The van der Waals surface area contributed by atoms with Crippen LogP contribution in [0.25, 0.3) is 11.2 Å². The Kier molecular flexibility index (Phi) is 3.39. The van der Waals surface area contributed by atoms with Gasteiger partial charge in [0.15, 0.2) is 5.65 Å². The molecule has 2 aliphatic heterocycles. The molecule has 5 heteroatoms. The van der Waals surface area contributed by atoms with Crippen LogP contribution in [-0.2, 0) is 11.2 Å². The largest absolute Gasteiger partial charge is 0.378 e. The molecule has 2 saturated heterocycles. The highest BCUT2D eigenvalue weighted by atomic mass is 16.5. The van der Waals surface area contributed by atoms with Crippen molar-refractivity contribution in [1.29, 1.82) is 0 Å². The summed E-state index contributed by atoms with van der Waals surface area (Å²) in [5.74, 6) is 1.15. The van der Waals surface area contributed by atoms with E-state index in [4.69, 9.17) is 9.72 Å². The normalized spacial score (nSPS) is 26.9. The molecule has 2 aliphatic rings. The Labute approximate surface area is 124 Å². The number of hydrogen-bond donors (Lipinski definition) is 0. The molecule has 0 amide bonds. The lowest BCUT2D eigenvalue weighted by Crippen LogP contribution is -2.20. The molecule has 2 aromatic rings. The summed E-state index contributed by atoms with van der Waals surface area (Å²) in [5, 5.41) is 0. The standard InChI is InChI=1S/C16H22N4O/c1-19-8-6-12(11-19)20-15(10-13-4-3-9-21-13)18-14-5-2-7-17-16(14)20/h2,5,7,12-13H,3-4,6,8-11H2,1H3. The van der Waals surface area contributed by atoms with Gasteiger partial charge in [-0.2, -0.15) is 0 Å². The van der Waals surface area contributed by atoms with Crippen LogP contribution in [0.5, 0.6) is 0 Å². The van der Waals surface area contributed by atoms with E-state index in [0.717, 1.165) is 49.5 Å². The van der Waals surface area contributed by atoms with Crippen molar-refractivity contribution in [2.75, 3.05) is 26.7 Å². The minimum absolute atomic E-state index is 0.333. The molecular weight excluding hydrogens is 264 g/mol. The maximum absolute atomic E-state index is 5.81. The van der Waals surface area contributed by atoms with Gasteiger partial charge in [-0.1, -0.05) is 0 Å². The Balaban J connectivity index is 1.73. The van der Waals surface area contributed by atoms with Crippen molar-refractivity contribution >= 4 is 11.2 Å². The number of nitrogens with zero attached hydrogens (tertiary/aromatic N) is 4. The van der Waals surface area contributed by atoms with Crippen molar-refractivity contribution in [3.05, 3.63) is 24.2 Å². The monoisotopic (exact) mass is 286 g/mol. The number of likely N-dealkylation sites (tertiary alicyclic amines) is 1. The highest BCUT2D eigenvalue weighted by Gasteiger charge is 2.27. The van der Waals surface area contributed by atoms with Gasteiger partial charge in [-0.3, -0.25) is 0 Å². The van der Waals surface area contributed by atoms with Crippen molar-refractivity contribution in [1.82, 2.24) is 19.4 Å². The van der Waals surface area contributed by atoms with E-state index in [9.17, 15) is 0 Å². The number of likely N-dealkylation sites (N-methyl/N-ethyl adjacent to an activating group) is 1. The van der Waals surface area contributed by atoms with Gasteiger partial charge in [0.2, 0.25) is 0 Å². The lowest BCUT2D eigenvalue weighted by Gasteiger charge is -2.17. The summed E-state index contributed by atoms with van der Waals surface area (Å²) in [6.45, 7) is 3.13. The van der Waals surface area contributed by atoms with E-state index in [2.05, 4.69) is 27.6 Å². The molecule has 2 unspecified atom stereocenters. The average molecular weight is 286 g/mol. The molecule has 4 rings (SSSR count). The number of rotatable bonds is 3. The molecule has 0 radical (unpaired) electrons. The molecule has 0 bridgehead atoms. The first-order valence-electron chi connectivity index (χ1n) is 7.93. The Morgan fingerprint density at radius 3 is 3.10 bits per heavy atom. The van der Waals surface area contributed by atoms with Crippen LogP contribution in [0.2, 0.25) is 0 Å². The minimum atomic E-state index is 0.333. The van der Waals surface area contributed by atoms with Crippen molar-refractivity contribution in [2.24, 2.45) is 0 Å². The lowest BCUT2D eigenvalue weighted by atomic mass is 10.1. The molecule has 112 valence electrons. The Morgan fingerprint density at radius 1 is 1.38 bits per heavy atom. The summed E-state index contributed by atoms with van der Waals surface area (Å²) in [7, 11) is 2.19. The third-order valence-electron chi connectivity index (χ3n) is 4.69. The smallest absolute Gasteiger partial charge is 0.160 e. The molecule has 0 N–H and O–H groups in total. The summed E-state index contributed by atoms with van der Waals surface area (Å²) >= 11 is 0. The van der Waals surface area contributed by atoms with E-state index in [-0.39, 0.29) is 0 Å². The van der Waals surface area contributed by atoms with Crippen LogP contribution in [0.1, 0.15) is 31.1 Å². The van der Waals surface area contributed by atoms with Gasteiger partial charge in [-0.15, -0.1) is 0 Å². The van der Waals surface area contributed by atoms with E-state index in [1.54, 1.807) is 0 Å². The summed E-state index contributed by atoms with van der Waals surface area (Å²) in [5.41, 5.74) is 2.05. The molecule has 2 aromatic heterocycles. The average Bonchev–Trinajstić information content (AvgIpc) is 3.18. The van der Waals surface area contributed by atoms with E-state index >= 15 is 0 Å². The second kappa shape index (κ2) is 5.39. The number of ether oxygens (including phenoxy) is 1. The number of fused-ring (bicyclic) bond motifs is 1. The lowest BCUT2D eigenvalue weighted by molar-refractivity contribution is 0.109. The molecule has 5 nitrogen and oxygen atoms in total. The van der Waals surface area contributed by atoms with Crippen molar-refractivity contribution in [2.45, 2.75) is 37.8 Å². The summed E-state index contributed by atoms with van der Waals surface area (Å²) < 4.78 is 8.18. The van der Waals surface area contributed by atoms with E-state index < -0.39 is 0 Å². The zero-order valence-electron chi connectivity index (χ0n) is 12.5. The van der Waals surface area contributed by atoms with Gasteiger partial charge < -0.3 is 14.2 Å². The first kappa shape index (κ1) is 13.2. The van der Waals surface area contributed by atoms with E-state index in [0.29, 0.717) is 12.1 Å². The van der Waals surface area contributed by atoms with Gasteiger partial charge >= 0.3 is 0 Å². The van der Waals surface area contributed by atoms with Crippen molar-refractivity contribution < 1.29 is 4.74 Å². The molecule has 21 heavy (non-hydrogen) atoms. The van der Waals surface area contributed by atoms with E-state index in [1.807, 2.05) is 12.3 Å². The van der Waals surface area contributed by atoms with Crippen LogP contribution in [0, 0.1) is 0 Å². The van der Waals surface area contributed by atoms with E-state index in [1.165, 1.54) is 12.8 Å². The fraction of sp³-hybridized carbons (Fsp3) is 0.625. The first-order chi connectivity index (χ1) is 10.3. The molecule has 4 heterocycles. The zero-order chi connectivity index (χ0) is 14.2. The summed E-state index contributed by atoms with van der Waals surface area (Å²) in [6, 6.07) is 4.53. The molecule has 2 fully saturated rings. The first-order valence-corrected chi connectivity index (χ1v) is 7.93. The third-order valence-corrected chi connectivity index (χ3v) is 4.69. The molecule has 0 aliphatic carbocycles. The predicted molar refractivity (Wildman–Crippen MR) is 81.4 cm³/mol. The second-order valence-corrected chi connectivity index (χ2v) is 6.29. The molecular formula is C16H22N4O. The fourth-order valence-electron chi connectivity index (χ4n) is 3.64. The number of aromatic nitrogens is 3. The molecule has 0 saturated carbocycles. The summed E-state index contributed by atoms with van der Waals surface area (Å²) in [6.07, 6.45) is 6.62. The molecule has 2 atom stereocenters. The second-order valence-electron chi connectivity index (χ2n) is 6.29. The van der Waals surface area contributed by atoms with Gasteiger partial charge in [0.05, 0.1) is 12.1 Å². The SMILES string of the molecule is CN1CCC(n2c(CC3CCCO3)nc3cccnc32)C1. The Hall–Kier alpha value is -1.46. The number of imidazole rings is 1. The molecule has 0 aromatic carbocycles. The quantitative estimate of drug-likeness (QED) is 0.866. The highest BCUT2D eigenvalue weighted by Crippen LogP contribution is 2.28. The van der Waals surface area contributed by atoms with Crippen LogP contribution in [-0.4, -0.2) is 52.3 Å². The van der Waals surface area contributed by atoms with Crippen molar-refractivity contribution in [3.8, 4) is 0 Å². The topological polar surface area (TPSA) is 43.2 Å². The van der Waals surface area contributed by atoms with Crippen LogP contribution in [0.15, 0.2) is 18.3 Å². The zero-order valence-corrected chi connectivity index (χ0v) is 12.5. The summed E-state index contributed by atoms with van der Waals surface area (Å²) in [4.78, 5) is 11.8. The van der Waals surface area contributed by atoms with Crippen LogP contribution in [0.4, 0.5) is 0 Å². The number of hydrogen-bond acceptors (Lipinski definition) is 4. The van der Waals surface area contributed by atoms with Crippen LogP contribution < -0.4 is 0 Å². The van der Waals surface area contributed by atoms with Gasteiger partial charge in [-0.25, -0.2) is 9.97 Å². The van der Waals surface area contributed by atoms with Crippen LogP contribution >= 0.6 is 0 Å². The maximum Gasteiger partial charge on any atom is 0.160 e. The van der Waals surface area contributed by atoms with Gasteiger partial charge in [0.1, 0.15) is 11.3 Å². The van der Waals surface area contributed by atoms with Gasteiger partial charge in [0.25, 0.3) is 0 Å². The fourth-order valence-corrected chi connectivity index (χ4v) is 3.64. The Morgan fingerprint density at radius 2 is 2.33 bits per heavy atom. The van der Waals surface area contributed by atoms with Crippen LogP contribution in [0.3, 0.4) is 0 Å². The minimum Gasteiger partial charge on any atom is -0.378 e. The molecule has 0 spiro atoms.